The molecule has 1 rings (SSSR count). The molecule has 29 heavy (non-hydrogen) atoms. The predicted octanol–water partition coefficient (Wildman–Crippen LogP) is -1.65. The molecule has 3 amide bonds. The van der Waals surface area contributed by atoms with Crippen LogP contribution < -0.4 is 22.1 Å². The number of carboxylic acids is 1. The highest BCUT2D eigenvalue weighted by Gasteiger charge is 2.38. The second-order valence-electron chi connectivity index (χ2n) is 6.91. The molecule has 0 spiro atoms. The summed E-state index contributed by atoms with van der Waals surface area (Å²) in [5.74, 6) is -2.57. The Morgan fingerprint density at radius 3 is 2.34 bits per heavy atom. The minimum Gasteiger partial charge on any atom is -0.480 e. The average Bonchev–Trinajstić information content (AvgIpc) is 3.19. The molecule has 0 aliphatic carbocycles. The molecule has 0 saturated carbocycles. The number of likely N-dealkylation sites (tertiary alicyclic amines) is 1. The van der Waals surface area contributed by atoms with Crippen LogP contribution in [0.5, 0.6) is 0 Å². The number of carbonyl (C=O) groups is 4. The summed E-state index contributed by atoms with van der Waals surface area (Å²) >= 11 is 7.93. The summed E-state index contributed by atoms with van der Waals surface area (Å²) in [4.78, 5) is 50.4. The monoisotopic (exact) mass is 449 g/mol. The summed E-state index contributed by atoms with van der Waals surface area (Å²) in [6.07, 6.45) is 2.68. The Hall–Kier alpha value is -1.50. The van der Waals surface area contributed by atoms with Gasteiger partial charge >= 0.3 is 5.97 Å². The minimum absolute atomic E-state index is 0.0683. The molecule has 0 aromatic rings. The van der Waals surface area contributed by atoms with Crippen LogP contribution in [-0.2, 0) is 19.2 Å². The van der Waals surface area contributed by atoms with Crippen molar-refractivity contribution in [2.24, 2.45) is 11.5 Å². The van der Waals surface area contributed by atoms with E-state index in [0.717, 1.165) is 0 Å². The molecule has 1 aliphatic heterocycles. The Morgan fingerprint density at radius 1 is 1.10 bits per heavy atom. The standard InChI is InChI=1S/C17H31N5O5S2/c18-6-2-1-4-11(20-14(23)10(19)8-28)16(25)22-7-3-5-13(22)15(24)21-12(9-29)17(26)27/h10-13,28-29H,1-9,18-19H2,(H,20,23)(H,21,24)(H,26,27). The number of carbonyl (C=O) groups excluding carboxylic acids is 3. The van der Waals surface area contributed by atoms with Gasteiger partial charge in [0.1, 0.15) is 18.1 Å². The van der Waals surface area contributed by atoms with Crippen molar-refractivity contribution in [3.05, 3.63) is 0 Å². The first-order valence-electron chi connectivity index (χ1n) is 9.58. The largest absolute Gasteiger partial charge is 0.480 e. The van der Waals surface area contributed by atoms with Crippen LogP contribution in [0.25, 0.3) is 0 Å². The van der Waals surface area contributed by atoms with E-state index in [0.29, 0.717) is 45.2 Å². The zero-order valence-electron chi connectivity index (χ0n) is 16.2. The summed E-state index contributed by atoms with van der Waals surface area (Å²) in [5, 5.41) is 14.2. The zero-order valence-corrected chi connectivity index (χ0v) is 18.0. The molecule has 0 radical (unpaired) electrons. The number of nitrogens with two attached hydrogens (primary N) is 2. The molecule has 12 heteroatoms. The topological polar surface area (TPSA) is 168 Å². The zero-order chi connectivity index (χ0) is 22.0. The molecule has 1 saturated heterocycles. The maximum absolute atomic E-state index is 13.1. The van der Waals surface area contributed by atoms with Gasteiger partial charge < -0.3 is 32.1 Å². The molecule has 4 unspecified atom stereocenters. The molecule has 1 aliphatic rings. The number of aliphatic carboxylic acids is 1. The number of hydrogen-bond donors (Lipinski definition) is 7. The third-order valence-corrected chi connectivity index (χ3v) is 5.49. The van der Waals surface area contributed by atoms with Gasteiger partial charge in [0.15, 0.2) is 0 Å². The van der Waals surface area contributed by atoms with Crippen LogP contribution in [0.15, 0.2) is 0 Å². The molecule has 7 N–H and O–H groups in total. The van der Waals surface area contributed by atoms with Crippen LogP contribution in [0.3, 0.4) is 0 Å². The Labute approximate surface area is 181 Å². The van der Waals surface area contributed by atoms with E-state index in [1.807, 2.05) is 0 Å². The number of thiol groups is 2. The van der Waals surface area contributed by atoms with Gasteiger partial charge in [-0.15, -0.1) is 0 Å². The second kappa shape index (κ2) is 12.9. The first-order chi connectivity index (χ1) is 13.8. The average molecular weight is 450 g/mol. The Bertz CT molecular complexity index is 595. The lowest BCUT2D eigenvalue weighted by Crippen LogP contribution is -2.57. The molecule has 0 bridgehead atoms. The quantitative estimate of drug-likeness (QED) is 0.138. The molecule has 4 atom stereocenters. The van der Waals surface area contributed by atoms with Crippen molar-refractivity contribution in [2.75, 3.05) is 24.6 Å². The fourth-order valence-electron chi connectivity index (χ4n) is 3.07. The van der Waals surface area contributed by atoms with Crippen molar-refractivity contribution in [3.8, 4) is 0 Å². The summed E-state index contributed by atoms with van der Waals surface area (Å²) < 4.78 is 0. The summed E-state index contributed by atoms with van der Waals surface area (Å²) in [5.41, 5.74) is 11.2. The number of nitrogens with one attached hydrogen (secondary N) is 2. The minimum atomic E-state index is -1.20. The molecular formula is C17H31N5O5S2. The summed E-state index contributed by atoms with van der Waals surface area (Å²) in [6.45, 7) is 0.803. The van der Waals surface area contributed by atoms with E-state index in [1.54, 1.807) is 0 Å². The first-order valence-corrected chi connectivity index (χ1v) is 10.8. The summed E-state index contributed by atoms with van der Waals surface area (Å²) in [6, 6.07) is -3.63. The van der Waals surface area contributed by atoms with E-state index in [4.69, 9.17) is 16.6 Å². The van der Waals surface area contributed by atoms with Gasteiger partial charge in [-0.25, -0.2) is 4.79 Å². The Morgan fingerprint density at radius 2 is 1.79 bits per heavy atom. The van der Waals surface area contributed by atoms with Crippen molar-refractivity contribution in [3.63, 3.8) is 0 Å². The third-order valence-electron chi connectivity index (χ3n) is 4.73. The van der Waals surface area contributed by atoms with Gasteiger partial charge in [-0.1, -0.05) is 0 Å². The maximum atomic E-state index is 13.1. The molecule has 1 heterocycles. The second-order valence-corrected chi connectivity index (χ2v) is 7.64. The van der Waals surface area contributed by atoms with Crippen molar-refractivity contribution in [2.45, 2.75) is 56.3 Å². The van der Waals surface area contributed by atoms with Crippen LogP contribution in [0, 0.1) is 0 Å². The van der Waals surface area contributed by atoms with Crippen molar-refractivity contribution >= 4 is 48.9 Å². The van der Waals surface area contributed by atoms with Gasteiger partial charge in [-0.2, -0.15) is 25.3 Å². The molecule has 1 fully saturated rings. The maximum Gasteiger partial charge on any atom is 0.327 e. The molecule has 0 aromatic heterocycles. The highest BCUT2D eigenvalue weighted by Crippen LogP contribution is 2.20. The Balaban J connectivity index is 2.89. The fraction of sp³-hybridized carbons (Fsp3) is 0.765. The van der Waals surface area contributed by atoms with Crippen LogP contribution in [0.2, 0.25) is 0 Å². The van der Waals surface area contributed by atoms with Gasteiger partial charge in [0.25, 0.3) is 0 Å². The number of amides is 3. The highest BCUT2D eigenvalue weighted by atomic mass is 32.1. The fourth-order valence-corrected chi connectivity index (χ4v) is 3.48. The van der Waals surface area contributed by atoms with Crippen LogP contribution in [0.4, 0.5) is 0 Å². The van der Waals surface area contributed by atoms with Gasteiger partial charge in [-0.05, 0) is 38.6 Å². The number of nitrogens with zero attached hydrogens (tertiary/aromatic N) is 1. The van der Waals surface area contributed by atoms with E-state index >= 15 is 0 Å². The van der Waals surface area contributed by atoms with Gasteiger partial charge in [0.05, 0.1) is 6.04 Å². The van der Waals surface area contributed by atoms with Crippen LogP contribution in [-0.4, -0.2) is 82.5 Å². The molecule has 0 aromatic carbocycles. The number of unbranched alkanes of at least 4 members (excludes halogenated alkanes) is 1. The van der Waals surface area contributed by atoms with E-state index in [-0.39, 0.29) is 11.5 Å². The molecule has 10 nitrogen and oxygen atoms in total. The van der Waals surface area contributed by atoms with E-state index in [9.17, 15) is 19.2 Å². The van der Waals surface area contributed by atoms with E-state index in [1.165, 1.54) is 4.90 Å². The molecular weight excluding hydrogens is 418 g/mol. The SMILES string of the molecule is NCCCCC(NC(=O)C(N)CS)C(=O)N1CCCC1C(=O)NC(CS)C(=O)O. The van der Waals surface area contributed by atoms with Gasteiger partial charge in [0, 0.05) is 18.1 Å². The summed E-state index contributed by atoms with van der Waals surface area (Å²) in [7, 11) is 0. The first kappa shape index (κ1) is 25.5. The van der Waals surface area contributed by atoms with E-state index in [2.05, 4.69) is 35.9 Å². The van der Waals surface area contributed by atoms with Gasteiger partial charge in [-0.3, -0.25) is 14.4 Å². The van der Waals surface area contributed by atoms with Crippen molar-refractivity contribution in [1.82, 2.24) is 15.5 Å². The third kappa shape index (κ3) is 7.68. The molecule has 166 valence electrons. The van der Waals surface area contributed by atoms with Gasteiger partial charge in [0.2, 0.25) is 17.7 Å². The van der Waals surface area contributed by atoms with Crippen molar-refractivity contribution in [1.29, 1.82) is 0 Å². The lowest BCUT2D eigenvalue weighted by atomic mass is 10.1. The van der Waals surface area contributed by atoms with Crippen LogP contribution >= 0.6 is 25.3 Å². The van der Waals surface area contributed by atoms with Crippen LogP contribution in [0.1, 0.15) is 32.1 Å². The number of rotatable bonds is 12. The smallest absolute Gasteiger partial charge is 0.327 e. The van der Waals surface area contributed by atoms with Crippen molar-refractivity contribution < 1.29 is 24.3 Å². The highest BCUT2D eigenvalue weighted by molar-refractivity contribution is 7.80. The Kier molecular flexibility index (Phi) is 11.4. The normalized spacial score (nSPS) is 19.3. The predicted molar refractivity (Wildman–Crippen MR) is 115 cm³/mol. The number of carboxylic acid groups (broad SMARTS) is 1. The lowest BCUT2D eigenvalue weighted by Gasteiger charge is -2.29. The van der Waals surface area contributed by atoms with E-state index < -0.39 is 47.9 Å². The number of hydrogen-bond acceptors (Lipinski definition) is 8. The lowest BCUT2D eigenvalue weighted by molar-refractivity contribution is -0.144.